The van der Waals surface area contributed by atoms with Gasteiger partial charge in [-0.15, -0.1) is 0 Å². The van der Waals surface area contributed by atoms with Gasteiger partial charge in [0.1, 0.15) is 5.76 Å². The first-order chi connectivity index (χ1) is 15.3. The fourth-order valence-electron chi connectivity index (χ4n) is 4.67. The van der Waals surface area contributed by atoms with Crippen molar-refractivity contribution in [2.45, 2.75) is 57.7 Å². The summed E-state index contributed by atoms with van der Waals surface area (Å²) in [5.41, 5.74) is 10.7. The Kier molecular flexibility index (Phi) is 6.71. The third-order valence-corrected chi connectivity index (χ3v) is 8.15. The number of carbonyl (C=O) groups is 1. The molecule has 32 heavy (non-hydrogen) atoms. The molecule has 0 radical (unpaired) electrons. The van der Waals surface area contributed by atoms with Crippen molar-refractivity contribution >= 4 is 15.9 Å². The van der Waals surface area contributed by atoms with Crippen LogP contribution in [0.25, 0.3) is 0 Å². The number of amides is 1. The SMILES string of the molecule is Cc1cc(C)c(CNC(=O)C2CCCN(S(=O)(=O)c3ccc(C4CCNN4)o3)C2)c(C)c1. The molecule has 2 aliphatic heterocycles. The third kappa shape index (κ3) is 4.76. The molecule has 2 saturated heterocycles. The molecule has 174 valence electrons. The minimum Gasteiger partial charge on any atom is -0.447 e. The van der Waals surface area contributed by atoms with Crippen molar-refractivity contribution < 1.29 is 17.6 Å². The highest BCUT2D eigenvalue weighted by Gasteiger charge is 2.35. The maximum atomic E-state index is 13.1. The number of aryl methyl sites for hydroxylation is 3. The molecule has 0 aliphatic carbocycles. The van der Waals surface area contributed by atoms with E-state index in [0.29, 0.717) is 31.7 Å². The van der Waals surface area contributed by atoms with Crippen LogP contribution >= 0.6 is 0 Å². The van der Waals surface area contributed by atoms with Crippen LogP contribution in [0.2, 0.25) is 0 Å². The molecule has 9 heteroatoms. The van der Waals surface area contributed by atoms with E-state index in [1.807, 2.05) is 13.8 Å². The fraction of sp³-hybridized carbons (Fsp3) is 0.522. The molecule has 8 nitrogen and oxygen atoms in total. The Morgan fingerprint density at radius 1 is 1.19 bits per heavy atom. The minimum absolute atomic E-state index is 0.0347. The van der Waals surface area contributed by atoms with Crippen molar-refractivity contribution in [2.24, 2.45) is 5.92 Å². The zero-order valence-electron chi connectivity index (χ0n) is 18.9. The second-order valence-electron chi connectivity index (χ2n) is 8.87. The summed E-state index contributed by atoms with van der Waals surface area (Å²) in [5.74, 6) is 0.120. The normalized spacial score (nSPS) is 22.2. The standard InChI is InChI=1S/C23H32N4O4S/c1-15-11-16(2)19(17(3)12-15)13-24-23(28)18-5-4-10-27(14-18)32(29,30)22-7-6-21(31-22)20-8-9-25-26-20/h6-7,11-12,18,20,25-26H,4-5,8-10,13-14H2,1-3H3,(H,24,28). The lowest BCUT2D eigenvalue weighted by Gasteiger charge is -2.30. The number of hydrogen-bond acceptors (Lipinski definition) is 6. The average molecular weight is 461 g/mol. The summed E-state index contributed by atoms with van der Waals surface area (Å²) in [5, 5.41) is 2.96. The summed E-state index contributed by atoms with van der Waals surface area (Å²) in [6.07, 6.45) is 2.14. The molecule has 2 aromatic rings. The van der Waals surface area contributed by atoms with E-state index in [1.54, 1.807) is 6.07 Å². The van der Waals surface area contributed by atoms with Crippen molar-refractivity contribution in [2.75, 3.05) is 19.6 Å². The molecule has 0 saturated carbocycles. The quantitative estimate of drug-likeness (QED) is 0.612. The van der Waals surface area contributed by atoms with Crippen LogP contribution in [0.1, 0.15) is 53.3 Å². The van der Waals surface area contributed by atoms with Gasteiger partial charge in [-0.1, -0.05) is 17.7 Å². The van der Waals surface area contributed by atoms with Gasteiger partial charge in [0, 0.05) is 26.2 Å². The zero-order valence-corrected chi connectivity index (χ0v) is 19.7. The van der Waals surface area contributed by atoms with Gasteiger partial charge in [-0.3, -0.25) is 10.2 Å². The summed E-state index contributed by atoms with van der Waals surface area (Å²) in [6, 6.07) is 7.40. The molecule has 2 aliphatic rings. The van der Waals surface area contributed by atoms with E-state index in [-0.39, 0.29) is 29.5 Å². The van der Waals surface area contributed by atoms with E-state index in [2.05, 4.69) is 35.2 Å². The van der Waals surface area contributed by atoms with Crippen LogP contribution in [-0.4, -0.2) is 38.3 Å². The maximum Gasteiger partial charge on any atom is 0.276 e. The van der Waals surface area contributed by atoms with Gasteiger partial charge >= 0.3 is 0 Å². The van der Waals surface area contributed by atoms with Gasteiger partial charge in [0.25, 0.3) is 10.0 Å². The van der Waals surface area contributed by atoms with Gasteiger partial charge in [-0.2, -0.15) is 4.31 Å². The topological polar surface area (TPSA) is 104 Å². The van der Waals surface area contributed by atoms with Gasteiger partial charge in [-0.25, -0.2) is 13.8 Å². The minimum atomic E-state index is -3.78. The van der Waals surface area contributed by atoms with E-state index in [1.165, 1.54) is 15.9 Å². The smallest absolute Gasteiger partial charge is 0.276 e. The number of benzene rings is 1. The Hall–Kier alpha value is -2.20. The van der Waals surface area contributed by atoms with E-state index >= 15 is 0 Å². The molecule has 4 rings (SSSR count). The number of nitrogens with one attached hydrogen (secondary N) is 3. The van der Waals surface area contributed by atoms with Crippen molar-refractivity contribution in [3.8, 4) is 0 Å². The average Bonchev–Trinajstić information content (AvgIpc) is 3.45. The van der Waals surface area contributed by atoms with Gasteiger partial charge in [0.15, 0.2) is 0 Å². The number of sulfonamides is 1. The molecule has 0 bridgehead atoms. The van der Waals surface area contributed by atoms with Crippen LogP contribution in [0.4, 0.5) is 0 Å². The summed E-state index contributed by atoms with van der Waals surface area (Å²) in [4.78, 5) is 12.9. The van der Waals surface area contributed by atoms with E-state index in [4.69, 9.17) is 4.42 Å². The highest BCUT2D eigenvalue weighted by Crippen LogP contribution is 2.28. The number of rotatable bonds is 6. The number of carbonyl (C=O) groups excluding carboxylic acids is 1. The zero-order chi connectivity index (χ0) is 22.9. The first-order valence-corrected chi connectivity index (χ1v) is 12.6. The highest BCUT2D eigenvalue weighted by molar-refractivity contribution is 7.89. The van der Waals surface area contributed by atoms with Gasteiger partial charge in [0.05, 0.1) is 12.0 Å². The van der Waals surface area contributed by atoms with E-state index in [9.17, 15) is 13.2 Å². The summed E-state index contributed by atoms with van der Waals surface area (Å²) < 4.78 is 33.4. The van der Waals surface area contributed by atoms with E-state index < -0.39 is 10.0 Å². The van der Waals surface area contributed by atoms with Crippen LogP contribution < -0.4 is 16.2 Å². The molecule has 1 aromatic heterocycles. The van der Waals surface area contributed by atoms with Crippen LogP contribution in [-0.2, 0) is 21.4 Å². The predicted octanol–water partition coefficient (Wildman–Crippen LogP) is 2.46. The molecular formula is C23H32N4O4S. The lowest BCUT2D eigenvalue weighted by Crippen LogP contribution is -2.45. The maximum absolute atomic E-state index is 13.1. The van der Waals surface area contributed by atoms with E-state index in [0.717, 1.165) is 29.7 Å². The summed E-state index contributed by atoms with van der Waals surface area (Å²) >= 11 is 0. The molecule has 1 amide bonds. The number of hydrogen-bond donors (Lipinski definition) is 3. The second-order valence-corrected chi connectivity index (χ2v) is 10.7. The number of piperidine rings is 1. The second kappa shape index (κ2) is 9.35. The van der Waals surface area contributed by atoms with Crippen LogP contribution in [0.5, 0.6) is 0 Å². The van der Waals surface area contributed by atoms with Crippen molar-refractivity contribution in [1.82, 2.24) is 20.5 Å². The van der Waals surface area contributed by atoms with Crippen molar-refractivity contribution in [1.29, 1.82) is 0 Å². The van der Waals surface area contributed by atoms with Crippen LogP contribution in [0, 0.1) is 26.7 Å². The molecule has 2 fully saturated rings. The predicted molar refractivity (Wildman–Crippen MR) is 121 cm³/mol. The van der Waals surface area contributed by atoms with Crippen molar-refractivity contribution in [3.63, 3.8) is 0 Å². The Balaban J connectivity index is 1.41. The Morgan fingerprint density at radius 3 is 2.62 bits per heavy atom. The number of furan rings is 1. The molecule has 1 aromatic carbocycles. The monoisotopic (exact) mass is 460 g/mol. The summed E-state index contributed by atoms with van der Waals surface area (Å²) in [6.45, 7) is 7.96. The molecule has 2 unspecified atom stereocenters. The fourth-order valence-corrected chi connectivity index (χ4v) is 6.11. The Bertz CT molecular complexity index is 1070. The van der Waals surface area contributed by atoms with Gasteiger partial charge in [0.2, 0.25) is 11.0 Å². The van der Waals surface area contributed by atoms with Gasteiger partial charge < -0.3 is 9.73 Å². The lowest BCUT2D eigenvalue weighted by molar-refractivity contribution is -0.126. The molecule has 2 atom stereocenters. The number of hydrazine groups is 1. The van der Waals surface area contributed by atoms with Crippen molar-refractivity contribution in [3.05, 3.63) is 52.3 Å². The van der Waals surface area contributed by atoms with Gasteiger partial charge in [-0.05, 0) is 68.9 Å². The first kappa shape index (κ1) is 23.0. The third-order valence-electron chi connectivity index (χ3n) is 6.41. The molecular weight excluding hydrogens is 428 g/mol. The molecule has 0 spiro atoms. The van der Waals surface area contributed by atoms with Crippen LogP contribution in [0.15, 0.2) is 33.8 Å². The summed E-state index contributed by atoms with van der Waals surface area (Å²) in [7, 11) is -3.78. The lowest BCUT2D eigenvalue weighted by atomic mass is 9.97. The van der Waals surface area contributed by atoms with Crippen LogP contribution in [0.3, 0.4) is 0 Å². The Morgan fingerprint density at radius 2 is 1.94 bits per heavy atom. The molecule has 3 heterocycles. The number of nitrogens with zero attached hydrogens (tertiary/aromatic N) is 1. The Labute approximate surface area is 189 Å². The molecule has 3 N–H and O–H groups in total. The highest BCUT2D eigenvalue weighted by atomic mass is 32.2. The largest absolute Gasteiger partial charge is 0.447 e. The first-order valence-electron chi connectivity index (χ1n) is 11.2.